The van der Waals surface area contributed by atoms with Crippen molar-refractivity contribution in [2.24, 2.45) is 0 Å². The van der Waals surface area contributed by atoms with E-state index in [-0.39, 0.29) is 24.3 Å². The summed E-state index contributed by atoms with van der Waals surface area (Å²) in [5.41, 5.74) is 0.829. The van der Waals surface area contributed by atoms with Gasteiger partial charge in [-0.3, -0.25) is 0 Å². The largest absolute Gasteiger partial charge is 0.445 e. The first-order valence-electron chi connectivity index (χ1n) is 8.84. The lowest BCUT2D eigenvalue weighted by Gasteiger charge is -2.38. The van der Waals surface area contributed by atoms with Crippen molar-refractivity contribution in [1.82, 2.24) is 10.6 Å². The highest BCUT2D eigenvalue weighted by Gasteiger charge is 2.36. The number of ether oxygens (including phenoxy) is 2. The highest BCUT2D eigenvalue weighted by molar-refractivity contribution is 5.69. The maximum atomic E-state index is 11.9. The average molecular weight is 345 g/mol. The Morgan fingerprint density at radius 1 is 1.20 bits per heavy atom. The molecule has 2 amide bonds. The van der Waals surface area contributed by atoms with Crippen LogP contribution in [0.3, 0.4) is 0 Å². The molecule has 2 N–H and O–H groups in total. The Balaban J connectivity index is 1.34. The number of nitrogens with one attached hydrogen (secondary N) is 2. The molecule has 1 aromatic carbocycles. The van der Waals surface area contributed by atoms with Crippen molar-refractivity contribution in [3.05, 3.63) is 42.0 Å². The first-order valence-corrected chi connectivity index (χ1v) is 8.84. The van der Waals surface area contributed by atoms with E-state index >= 15 is 0 Å². The predicted molar refractivity (Wildman–Crippen MR) is 92.5 cm³/mol. The van der Waals surface area contributed by atoms with Gasteiger partial charge in [-0.2, -0.15) is 0 Å². The Morgan fingerprint density at radius 2 is 1.96 bits per heavy atom. The van der Waals surface area contributed by atoms with Crippen LogP contribution in [0.5, 0.6) is 0 Å². The van der Waals surface area contributed by atoms with E-state index in [1.807, 2.05) is 37.3 Å². The van der Waals surface area contributed by atoms with Gasteiger partial charge in [-0.15, -0.1) is 0 Å². The lowest BCUT2D eigenvalue weighted by atomic mass is 9.79. The van der Waals surface area contributed by atoms with Crippen molar-refractivity contribution in [2.45, 2.75) is 63.6 Å². The van der Waals surface area contributed by atoms with Crippen LogP contribution in [-0.4, -0.2) is 23.8 Å². The number of hydrogen-bond acceptors (Lipinski definition) is 4. The van der Waals surface area contributed by atoms with E-state index in [4.69, 9.17) is 9.47 Å². The fourth-order valence-electron chi connectivity index (χ4n) is 3.20. The highest BCUT2D eigenvalue weighted by Crippen LogP contribution is 2.32. The Kier molecular flexibility index (Phi) is 5.46. The lowest BCUT2D eigenvalue weighted by molar-refractivity contribution is 0.119. The fraction of sp³-hybridized carbons (Fsp3) is 0.526. The molecule has 0 aromatic heterocycles. The molecule has 25 heavy (non-hydrogen) atoms. The van der Waals surface area contributed by atoms with Crippen LogP contribution in [0.25, 0.3) is 0 Å². The van der Waals surface area contributed by atoms with E-state index < -0.39 is 6.09 Å². The maximum absolute atomic E-state index is 11.9. The normalized spacial score (nSPS) is 21.9. The zero-order valence-corrected chi connectivity index (χ0v) is 14.5. The first kappa shape index (κ1) is 17.6. The Morgan fingerprint density at radius 3 is 2.64 bits per heavy atom. The number of hydrogen-bond donors (Lipinski definition) is 2. The smallest absolute Gasteiger partial charge is 0.408 e. The lowest BCUT2D eigenvalue weighted by Crippen LogP contribution is -2.51. The van der Waals surface area contributed by atoms with Crippen LogP contribution in [-0.2, 0) is 16.1 Å². The highest BCUT2D eigenvalue weighted by atomic mass is 16.6. The molecule has 1 atom stereocenters. The van der Waals surface area contributed by atoms with Gasteiger partial charge in [0.25, 0.3) is 0 Å². The minimum absolute atomic E-state index is 0.0506. The molecule has 0 spiro atoms. The summed E-state index contributed by atoms with van der Waals surface area (Å²) in [6, 6.07) is 9.49. The Labute approximate surface area is 148 Å². The summed E-state index contributed by atoms with van der Waals surface area (Å²) in [7, 11) is 0. The number of amides is 2. The minimum Gasteiger partial charge on any atom is -0.445 e. The second kappa shape index (κ2) is 7.76. The maximum Gasteiger partial charge on any atom is 0.408 e. The molecule has 1 radical (unpaired) electrons. The number of rotatable bonds is 5. The summed E-state index contributed by atoms with van der Waals surface area (Å²) in [6.07, 6.45) is 4.99. The summed E-state index contributed by atoms with van der Waals surface area (Å²) >= 11 is 0. The number of carbonyl (C=O) groups is 2. The van der Waals surface area contributed by atoms with Gasteiger partial charge in [-0.05, 0) is 44.6 Å². The third-order valence-electron chi connectivity index (χ3n) is 4.88. The summed E-state index contributed by atoms with van der Waals surface area (Å²) < 4.78 is 10.6. The van der Waals surface area contributed by atoms with Crippen LogP contribution in [0, 0.1) is 6.10 Å². The van der Waals surface area contributed by atoms with E-state index in [0.29, 0.717) is 18.9 Å². The second-order valence-electron chi connectivity index (χ2n) is 7.11. The van der Waals surface area contributed by atoms with Gasteiger partial charge in [0.05, 0.1) is 0 Å². The molecule has 2 saturated carbocycles. The topological polar surface area (TPSA) is 76.7 Å². The summed E-state index contributed by atoms with van der Waals surface area (Å²) in [4.78, 5) is 23.8. The number of carbonyl (C=O) groups excluding carboxylic acids is 2. The van der Waals surface area contributed by atoms with Crippen molar-refractivity contribution in [3.63, 3.8) is 0 Å². The summed E-state index contributed by atoms with van der Waals surface area (Å²) in [6.45, 7) is 2.28. The zero-order valence-electron chi connectivity index (χ0n) is 14.5. The van der Waals surface area contributed by atoms with Gasteiger partial charge < -0.3 is 20.1 Å². The van der Waals surface area contributed by atoms with Gasteiger partial charge in [0.2, 0.25) is 0 Å². The van der Waals surface area contributed by atoms with Gasteiger partial charge in [0.1, 0.15) is 6.61 Å². The van der Waals surface area contributed by atoms with E-state index in [1.54, 1.807) is 0 Å². The van der Waals surface area contributed by atoms with Crippen LogP contribution >= 0.6 is 0 Å². The van der Waals surface area contributed by atoms with Crippen LogP contribution in [0.15, 0.2) is 30.3 Å². The van der Waals surface area contributed by atoms with Crippen molar-refractivity contribution in [1.29, 1.82) is 0 Å². The van der Waals surface area contributed by atoms with Crippen LogP contribution in [0.2, 0.25) is 0 Å². The summed E-state index contributed by atoms with van der Waals surface area (Å²) in [5.74, 6) is 0. The molecule has 2 aliphatic rings. The van der Waals surface area contributed by atoms with E-state index in [2.05, 4.69) is 10.6 Å². The molecule has 135 valence electrons. The van der Waals surface area contributed by atoms with Crippen LogP contribution in [0.4, 0.5) is 9.59 Å². The van der Waals surface area contributed by atoms with Gasteiger partial charge in [-0.25, -0.2) is 9.59 Å². The standard InChI is InChI=1S/C19H25N2O4/c1-19(10-5-11-19)21-18(23)25-16-9-8-15(12-16)20-17(22)24-13-14-6-3-2-4-7-14/h2-4,6-7,15H,5,8-13H2,1H3,(H,20,22)(H,21,23). The quantitative estimate of drug-likeness (QED) is 0.854. The van der Waals surface area contributed by atoms with Crippen molar-refractivity contribution >= 4 is 12.2 Å². The molecule has 1 unspecified atom stereocenters. The Bertz CT molecular complexity index is 601. The molecule has 6 nitrogen and oxygen atoms in total. The van der Waals surface area contributed by atoms with Gasteiger partial charge in [0.15, 0.2) is 6.10 Å². The fourth-order valence-corrected chi connectivity index (χ4v) is 3.20. The molecule has 1 aromatic rings. The molecule has 6 heteroatoms. The second-order valence-corrected chi connectivity index (χ2v) is 7.11. The first-order chi connectivity index (χ1) is 12.0. The Hall–Kier alpha value is -2.24. The molecule has 0 saturated heterocycles. The molecule has 0 aliphatic heterocycles. The monoisotopic (exact) mass is 345 g/mol. The molecular weight excluding hydrogens is 320 g/mol. The number of alkyl carbamates (subject to hydrolysis) is 2. The van der Waals surface area contributed by atoms with E-state index in [9.17, 15) is 9.59 Å². The molecule has 0 bridgehead atoms. The third-order valence-corrected chi connectivity index (χ3v) is 4.88. The van der Waals surface area contributed by atoms with Gasteiger partial charge in [-0.1, -0.05) is 30.3 Å². The van der Waals surface area contributed by atoms with Crippen molar-refractivity contribution in [3.8, 4) is 0 Å². The average Bonchev–Trinajstić information content (AvgIpc) is 2.99. The molecule has 3 rings (SSSR count). The van der Waals surface area contributed by atoms with E-state index in [1.165, 1.54) is 0 Å². The predicted octanol–water partition coefficient (Wildman–Crippen LogP) is 3.67. The molecule has 2 aliphatic carbocycles. The van der Waals surface area contributed by atoms with Crippen LogP contribution in [0.1, 0.15) is 51.0 Å². The minimum atomic E-state index is -0.443. The summed E-state index contributed by atoms with van der Waals surface area (Å²) in [5, 5.41) is 5.75. The number of benzene rings is 1. The van der Waals surface area contributed by atoms with Gasteiger partial charge >= 0.3 is 12.2 Å². The molecular formula is C19H25N2O4. The molecule has 2 fully saturated rings. The third kappa shape index (κ3) is 5.11. The van der Waals surface area contributed by atoms with Crippen molar-refractivity contribution < 1.29 is 19.1 Å². The molecule has 0 heterocycles. The van der Waals surface area contributed by atoms with Crippen LogP contribution < -0.4 is 10.6 Å². The van der Waals surface area contributed by atoms with Gasteiger partial charge in [0, 0.05) is 18.0 Å². The SMILES string of the molecule is CC1(NC(=O)O[C]2CCC(NC(=O)OCc3ccccc3)C2)CCC1. The van der Waals surface area contributed by atoms with E-state index in [0.717, 1.165) is 31.2 Å². The van der Waals surface area contributed by atoms with Crippen molar-refractivity contribution in [2.75, 3.05) is 0 Å². The zero-order chi connectivity index (χ0) is 17.7.